The number of likely N-dealkylation sites (N-methyl/N-ethyl adjacent to an activating group) is 1. The maximum atomic E-state index is 16.9. The summed E-state index contributed by atoms with van der Waals surface area (Å²) in [6.07, 6.45) is 6.67. The van der Waals surface area contributed by atoms with Crippen LogP contribution in [0.25, 0.3) is 32.8 Å². The van der Waals surface area contributed by atoms with Gasteiger partial charge in [-0.2, -0.15) is 27.4 Å². The molecule has 1 aromatic heterocycles. The highest BCUT2D eigenvalue weighted by Crippen LogP contribution is 2.42. The van der Waals surface area contributed by atoms with E-state index in [4.69, 9.17) is 14.7 Å². The third kappa shape index (κ3) is 5.49. The van der Waals surface area contributed by atoms with Gasteiger partial charge in [0, 0.05) is 48.7 Å². The molecular formula is C37H44FN7O4S. The fraction of sp³-hybridized carbons (Fsp3) is 0.514. The summed E-state index contributed by atoms with van der Waals surface area (Å²) < 4.78 is 55.5. The van der Waals surface area contributed by atoms with Crippen molar-refractivity contribution in [2.75, 3.05) is 57.8 Å². The Morgan fingerprint density at radius 2 is 1.70 bits per heavy atom. The summed E-state index contributed by atoms with van der Waals surface area (Å²) in [5.74, 6) is 0.103. The molecule has 50 heavy (non-hydrogen) atoms. The lowest BCUT2D eigenvalue weighted by Gasteiger charge is -2.41. The van der Waals surface area contributed by atoms with Crippen molar-refractivity contribution in [2.24, 2.45) is 0 Å². The lowest BCUT2D eigenvalue weighted by molar-refractivity contribution is 0.108. The minimum atomic E-state index is -3.69. The lowest BCUT2D eigenvalue weighted by atomic mass is 9.95. The summed E-state index contributed by atoms with van der Waals surface area (Å²) in [5, 5.41) is 12.8. The van der Waals surface area contributed by atoms with E-state index in [0.717, 1.165) is 75.4 Å². The van der Waals surface area contributed by atoms with Crippen molar-refractivity contribution in [3.05, 3.63) is 54.3 Å². The van der Waals surface area contributed by atoms with Gasteiger partial charge in [0.2, 0.25) is 0 Å². The number of anilines is 1. The lowest BCUT2D eigenvalue weighted by Crippen LogP contribution is -2.59. The van der Waals surface area contributed by atoms with Crippen LogP contribution >= 0.6 is 0 Å². The Labute approximate surface area is 292 Å². The number of nitrogens with zero attached hydrogens (tertiary/aromatic N) is 6. The predicted molar refractivity (Wildman–Crippen MR) is 191 cm³/mol. The van der Waals surface area contributed by atoms with Gasteiger partial charge in [0.1, 0.15) is 23.7 Å². The Balaban J connectivity index is 1.09. The van der Waals surface area contributed by atoms with Gasteiger partial charge >= 0.3 is 6.01 Å². The standard InChI is InChI=1S/C37H44FN7O4S/c1-42-17-12-25(20-42)41-50(47,48)45-26-8-9-27(45)22-43(21-26)35-31-11-10-30(32-19-28(46)18-24-6-2-3-7-29(24)32)33(38)34(31)39-36(40-35)49-23-37-13-4-15-44(37)16-5-14-37/h2-3,6-7,10-11,18-19,25-27,41,46H,4-5,8-9,12-17,20-23H2,1H3/t25-,26?,27?/m1/s1. The number of ether oxygens (including phenoxy) is 1. The molecule has 11 nitrogen and oxygen atoms in total. The van der Waals surface area contributed by atoms with Gasteiger partial charge in [0.05, 0.1) is 5.54 Å². The molecule has 2 unspecified atom stereocenters. The van der Waals surface area contributed by atoms with Crippen molar-refractivity contribution in [1.82, 2.24) is 28.8 Å². The molecular weight excluding hydrogens is 658 g/mol. The van der Waals surface area contributed by atoms with Crippen LogP contribution in [0.2, 0.25) is 0 Å². The monoisotopic (exact) mass is 701 g/mol. The zero-order valence-electron chi connectivity index (χ0n) is 28.4. The second-order valence-corrected chi connectivity index (χ2v) is 16.7. The van der Waals surface area contributed by atoms with Crippen LogP contribution in [0, 0.1) is 5.82 Å². The van der Waals surface area contributed by atoms with E-state index in [9.17, 15) is 13.5 Å². The Morgan fingerprint density at radius 1 is 0.940 bits per heavy atom. The van der Waals surface area contributed by atoms with Gasteiger partial charge in [0.25, 0.3) is 10.2 Å². The maximum absolute atomic E-state index is 16.9. The van der Waals surface area contributed by atoms with Crippen LogP contribution < -0.4 is 14.4 Å². The number of hydrogen-bond donors (Lipinski definition) is 2. The molecule has 5 aliphatic heterocycles. The molecule has 3 aromatic carbocycles. The number of aromatic hydroxyl groups is 1. The molecule has 5 aliphatic rings. The number of likely N-dealkylation sites (tertiary alicyclic amines) is 1. The van der Waals surface area contributed by atoms with Gasteiger partial charge in [-0.3, -0.25) is 4.90 Å². The number of fused-ring (bicyclic) bond motifs is 5. The van der Waals surface area contributed by atoms with Crippen LogP contribution in [-0.4, -0.2) is 114 Å². The molecule has 9 rings (SSSR count). The predicted octanol–water partition coefficient (Wildman–Crippen LogP) is 4.49. The van der Waals surface area contributed by atoms with Gasteiger partial charge < -0.3 is 19.6 Å². The quantitative estimate of drug-likeness (QED) is 0.274. The van der Waals surface area contributed by atoms with Crippen molar-refractivity contribution in [3.8, 4) is 22.9 Å². The zero-order valence-corrected chi connectivity index (χ0v) is 29.2. The number of halogens is 1. The summed E-state index contributed by atoms with van der Waals surface area (Å²) in [5.41, 5.74) is 1.01. The van der Waals surface area contributed by atoms with E-state index in [1.54, 1.807) is 22.5 Å². The smallest absolute Gasteiger partial charge is 0.319 e. The molecule has 0 aliphatic carbocycles. The van der Waals surface area contributed by atoms with Crippen molar-refractivity contribution in [3.63, 3.8) is 0 Å². The van der Waals surface area contributed by atoms with Crippen molar-refractivity contribution in [2.45, 2.75) is 68.6 Å². The van der Waals surface area contributed by atoms with Crippen molar-refractivity contribution in [1.29, 1.82) is 0 Å². The second-order valence-electron chi connectivity index (χ2n) is 15.1. The van der Waals surface area contributed by atoms with E-state index in [2.05, 4.69) is 19.4 Å². The first-order valence-electron chi connectivity index (χ1n) is 18.0. The minimum absolute atomic E-state index is 0.0421. The molecule has 0 amide bonds. The van der Waals surface area contributed by atoms with Crippen molar-refractivity contribution >= 4 is 37.7 Å². The van der Waals surface area contributed by atoms with E-state index >= 15 is 4.39 Å². The van der Waals surface area contributed by atoms with E-state index in [1.807, 2.05) is 37.4 Å². The van der Waals surface area contributed by atoms with Gasteiger partial charge in [0.15, 0.2) is 5.82 Å². The molecule has 3 atom stereocenters. The first-order chi connectivity index (χ1) is 24.2. The van der Waals surface area contributed by atoms with Crippen LogP contribution in [0.4, 0.5) is 10.2 Å². The molecule has 2 N–H and O–H groups in total. The Morgan fingerprint density at radius 3 is 2.44 bits per heavy atom. The van der Waals surface area contributed by atoms with Gasteiger partial charge in [-0.25, -0.2) is 4.39 Å². The number of aromatic nitrogens is 2. The first kappa shape index (κ1) is 32.3. The SMILES string of the molecule is CN1CC[C@@H](NS(=O)(=O)N2C3CCC2CN(c2nc(OCC45CCCN4CCC5)nc4c(F)c(-c5cc(O)cc6ccccc56)ccc24)C3)C1. The van der Waals surface area contributed by atoms with E-state index < -0.39 is 16.0 Å². The van der Waals surface area contributed by atoms with E-state index in [1.165, 1.54) is 0 Å². The van der Waals surface area contributed by atoms with Crippen LogP contribution in [-0.2, 0) is 10.2 Å². The third-order valence-electron chi connectivity index (χ3n) is 11.9. The number of rotatable bonds is 8. The van der Waals surface area contributed by atoms with Crippen LogP contribution in [0.15, 0.2) is 48.5 Å². The van der Waals surface area contributed by atoms with Crippen LogP contribution in [0.3, 0.4) is 0 Å². The number of benzene rings is 3. The highest BCUT2D eigenvalue weighted by atomic mass is 32.2. The average molecular weight is 702 g/mol. The van der Waals surface area contributed by atoms with Gasteiger partial charge in [-0.1, -0.05) is 30.3 Å². The molecule has 2 bridgehead atoms. The number of hydrogen-bond acceptors (Lipinski definition) is 9. The van der Waals surface area contributed by atoms with E-state index in [-0.39, 0.29) is 40.9 Å². The van der Waals surface area contributed by atoms with Crippen LogP contribution in [0.5, 0.6) is 11.8 Å². The van der Waals surface area contributed by atoms with Crippen molar-refractivity contribution < 1.29 is 22.7 Å². The highest BCUT2D eigenvalue weighted by molar-refractivity contribution is 7.87. The molecule has 0 radical (unpaired) electrons. The zero-order chi connectivity index (χ0) is 34.2. The Kier molecular flexibility index (Phi) is 7.92. The molecule has 6 heterocycles. The summed E-state index contributed by atoms with van der Waals surface area (Å²) in [4.78, 5) is 16.4. The molecule has 0 saturated carbocycles. The number of phenolic OH excluding ortho intramolecular Hbond substituents is 1. The normalized spacial score (nSPS) is 25.6. The molecule has 13 heteroatoms. The summed E-state index contributed by atoms with van der Waals surface area (Å²) in [6, 6.07) is 14.0. The van der Waals surface area contributed by atoms with E-state index in [0.29, 0.717) is 48.6 Å². The molecule has 264 valence electrons. The Hall–Kier alpha value is -3.62. The topological polar surface area (TPSA) is 114 Å². The Bertz CT molecular complexity index is 2060. The van der Waals surface area contributed by atoms with Gasteiger partial charge in [-0.05, 0) is 106 Å². The average Bonchev–Trinajstić information content (AvgIpc) is 3.86. The summed E-state index contributed by atoms with van der Waals surface area (Å²) in [6.45, 7) is 5.01. The minimum Gasteiger partial charge on any atom is -0.508 e. The fourth-order valence-corrected chi connectivity index (χ4v) is 11.4. The second kappa shape index (κ2) is 12.3. The highest BCUT2D eigenvalue weighted by Gasteiger charge is 2.48. The number of phenols is 1. The summed E-state index contributed by atoms with van der Waals surface area (Å²) >= 11 is 0. The molecule has 5 fully saturated rings. The molecule has 4 aromatic rings. The summed E-state index contributed by atoms with van der Waals surface area (Å²) in [7, 11) is -1.68. The number of nitrogens with one attached hydrogen (secondary N) is 1. The first-order valence-corrected chi connectivity index (χ1v) is 19.5. The van der Waals surface area contributed by atoms with Crippen LogP contribution in [0.1, 0.15) is 44.9 Å². The fourth-order valence-electron chi connectivity index (χ4n) is 9.55. The largest absolute Gasteiger partial charge is 0.508 e. The molecule has 0 spiro atoms. The number of piperazine rings is 1. The van der Waals surface area contributed by atoms with Gasteiger partial charge in [-0.15, -0.1) is 0 Å². The molecule has 5 saturated heterocycles. The third-order valence-corrected chi connectivity index (χ3v) is 13.7. The maximum Gasteiger partial charge on any atom is 0.319 e.